The molecule has 1 aromatic carbocycles. The van der Waals surface area contributed by atoms with E-state index in [4.69, 9.17) is 15.8 Å². The maximum Gasteiger partial charge on any atom is 0.101 e. The standard InChI is InChI=1S/C8H4N2.C2H3N/c9-5-7-3-1-2-4-8(7)6-10;1-2-3/h1-4H;1H3. The normalized spacial score (nSPS) is 6.62. The molecule has 0 aromatic heterocycles. The van der Waals surface area contributed by atoms with E-state index in [1.807, 2.05) is 12.1 Å². The van der Waals surface area contributed by atoms with Crippen LogP contribution in [0.4, 0.5) is 0 Å². The lowest BCUT2D eigenvalue weighted by Gasteiger charge is -1.88. The quantitative estimate of drug-likeness (QED) is 0.595. The Morgan fingerprint density at radius 2 is 1.23 bits per heavy atom. The lowest BCUT2D eigenvalue weighted by Crippen LogP contribution is -1.79. The second-order valence-corrected chi connectivity index (χ2v) is 1.99. The number of hydrogen-bond donors (Lipinski definition) is 0. The number of nitriles is 3. The highest BCUT2D eigenvalue weighted by Gasteiger charge is 1.95. The molecule has 0 heterocycles. The van der Waals surface area contributed by atoms with Gasteiger partial charge in [-0.05, 0) is 12.1 Å². The summed E-state index contributed by atoms with van der Waals surface area (Å²) in [5.74, 6) is 0. The minimum atomic E-state index is 0.435. The Morgan fingerprint density at radius 3 is 1.46 bits per heavy atom. The van der Waals surface area contributed by atoms with E-state index in [1.54, 1.807) is 30.3 Å². The van der Waals surface area contributed by atoms with Crippen LogP contribution in [0.3, 0.4) is 0 Å². The highest BCUT2D eigenvalue weighted by Crippen LogP contribution is 2.03. The Labute approximate surface area is 77.1 Å². The van der Waals surface area contributed by atoms with Gasteiger partial charge in [0.1, 0.15) is 12.1 Å². The molecule has 0 aliphatic carbocycles. The Morgan fingerprint density at radius 1 is 0.923 bits per heavy atom. The second-order valence-electron chi connectivity index (χ2n) is 1.99. The molecule has 0 amide bonds. The van der Waals surface area contributed by atoms with Gasteiger partial charge in [0, 0.05) is 6.92 Å². The molecule has 3 nitrogen and oxygen atoms in total. The molecule has 0 N–H and O–H groups in total. The fourth-order valence-corrected chi connectivity index (χ4v) is 0.678. The van der Waals surface area contributed by atoms with Gasteiger partial charge < -0.3 is 0 Å². The summed E-state index contributed by atoms with van der Waals surface area (Å²) in [6.45, 7) is 1.43. The van der Waals surface area contributed by atoms with Crippen molar-refractivity contribution in [1.82, 2.24) is 0 Å². The van der Waals surface area contributed by atoms with E-state index in [9.17, 15) is 0 Å². The molecule has 13 heavy (non-hydrogen) atoms. The lowest BCUT2D eigenvalue weighted by atomic mass is 10.1. The van der Waals surface area contributed by atoms with Crippen LogP contribution in [0.1, 0.15) is 18.1 Å². The summed E-state index contributed by atoms with van der Waals surface area (Å²) in [6.07, 6.45) is 0. The van der Waals surface area contributed by atoms with Gasteiger partial charge in [0.25, 0.3) is 0 Å². The van der Waals surface area contributed by atoms with Crippen LogP contribution in [0.5, 0.6) is 0 Å². The highest BCUT2D eigenvalue weighted by atomic mass is 14.3. The van der Waals surface area contributed by atoms with Crippen LogP contribution in [0.15, 0.2) is 24.3 Å². The molecule has 0 fully saturated rings. The van der Waals surface area contributed by atoms with Gasteiger partial charge in [0.2, 0.25) is 0 Å². The van der Waals surface area contributed by atoms with Crippen molar-refractivity contribution in [3.63, 3.8) is 0 Å². The molecule has 1 rings (SSSR count). The Bertz CT molecular complexity index is 355. The molecular weight excluding hydrogens is 162 g/mol. The van der Waals surface area contributed by atoms with Crippen LogP contribution >= 0.6 is 0 Å². The largest absolute Gasteiger partial charge is 0.199 e. The summed E-state index contributed by atoms with van der Waals surface area (Å²) < 4.78 is 0. The summed E-state index contributed by atoms with van der Waals surface area (Å²) in [5.41, 5.74) is 0.870. The highest BCUT2D eigenvalue weighted by molar-refractivity contribution is 5.44. The molecule has 3 heteroatoms. The van der Waals surface area contributed by atoms with E-state index in [-0.39, 0.29) is 0 Å². The fourth-order valence-electron chi connectivity index (χ4n) is 0.678. The van der Waals surface area contributed by atoms with Gasteiger partial charge in [0.05, 0.1) is 17.2 Å². The van der Waals surface area contributed by atoms with Crippen LogP contribution in [0.2, 0.25) is 0 Å². The van der Waals surface area contributed by atoms with Crippen LogP contribution < -0.4 is 0 Å². The van der Waals surface area contributed by atoms with Crippen LogP contribution in [0, 0.1) is 34.0 Å². The molecule has 0 saturated heterocycles. The van der Waals surface area contributed by atoms with Crippen LogP contribution in [-0.2, 0) is 0 Å². The first-order valence-corrected chi connectivity index (χ1v) is 3.50. The van der Waals surface area contributed by atoms with Gasteiger partial charge in [-0.3, -0.25) is 0 Å². The Balaban J connectivity index is 0.000000424. The molecule has 0 aliphatic rings. The van der Waals surface area contributed by atoms with E-state index in [0.29, 0.717) is 11.1 Å². The zero-order valence-corrected chi connectivity index (χ0v) is 7.15. The van der Waals surface area contributed by atoms with Gasteiger partial charge in [0.15, 0.2) is 0 Å². The number of nitrogens with zero attached hydrogens (tertiary/aromatic N) is 3. The SMILES string of the molecule is CC#N.N#Cc1ccccc1C#N. The first-order valence-electron chi connectivity index (χ1n) is 3.50. The maximum absolute atomic E-state index is 8.45. The Kier molecular flexibility index (Phi) is 5.27. The summed E-state index contributed by atoms with van der Waals surface area (Å²) in [5, 5.41) is 24.2. The monoisotopic (exact) mass is 169 g/mol. The lowest BCUT2D eigenvalue weighted by molar-refractivity contribution is 1.43. The molecule has 0 unspecified atom stereocenters. The predicted molar refractivity (Wildman–Crippen MR) is 47.2 cm³/mol. The van der Waals surface area contributed by atoms with Gasteiger partial charge >= 0.3 is 0 Å². The third-order valence-electron chi connectivity index (χ3n) is 1.17. The molecule has 0 saturated carbocycles. The van der Waals surface area contributed by atoms with E-state index in [2.05, 4.69) is 0 Å². The minimum Gasteiger partial charge on any atom is -0.199 e. The van der Waals surface area contributed by atoms with Crippen molar-refractivity contribution in [3.8, 4) is 18.2 Å². The Hall–Kier alpha value is -2.31. The van der Waals surface area contributed by atoms with E-state index in [0.717, 1.165) is 0 Å². The smallest absolute Gasteiger partial charge is 0.101 e. The van der Waals surface area contributed by atoms with Crippen molar-refractivity contribution in [2.45, 2.75) is 6.92 Å². The topological polar surface area (TPSA) is 71.4 Å². The number of rotatable bonds is 0. The van der Waals surface area contributed by atoms with Crippen molar-refractivity contribution >= 4 is 0 Å². The summed E-state index contributed by atoms with van der Waals surface area (Å²) in [7, 11) is 0. The summed E-state index contributed by atoms with van der Waals surface area (Å²) in [6, 6.07) is 12.3. The van der Waals surface area contributed by atoms with E-state index in [1.165, 1.54) is 6.92 Å². The molecule has 0 spiro atoms. The molecule has 0 bridgehead atoms. The third kappa shape index (κ3) is 3.56. The molecular formula is C10H7N3. The second kappa shape index (κ2) is 6.40. The van der Waals surface area contributed by atoms with Gasteiger partial charge in [-0.1, -0.05) is 12.1 Å². The van der Waals surface area contributed by atoms with Gasteiger partial charge in [-0.25, -0.2) is 0 Å². The minimum absolute atomic E-state index is 0.435. The first kappa shape index (κ1) is 10.7. The molecule has 0 aliphatic heterocycles. The van der Waals surface area contributed by atoms with Crippen molar-refractivity contribution < 1.29 is 0 Å². The third-order valence-corrected chi connectivity index (χ3v) is 1.17. The van der Waals surface area contributed by atoms with Gasteiger partial charge in [-0.2, -0.15) is 15.8 Å². The zero-order chi connectivity index (χ0) is 10.1. The molecule has 1 aromatic rings. The number of hydrogen-bond acceptors (Lipinski definition) is 3. The van der Waals surface area contributed by atoms with Crippen LogP contribution in [-0.4, -0.2) is 0 Å². The molecule has 0 radical (unpaired) electrons. The van der Waals surface area contributed by atoms with Gasteiger partial charge in [-0.15, -0.1) is 0 Å². The predicted octanol–water partition coefficient (Wildman–Crippen LogP) is 1.96. The van der Waals surface area contributed by atoms with Crippen molar-refractivity contribution in [3.05, 3.63) is 35.4 Å². The van der Waals surface area contributed by atoms with E-state index >= 15 is 0 Å². The van der Waals surface area contributed by atoms with E-state index < -0.39 is 0 Å². The van der Waals surface area contributed by atoms with Crippen LogP contribution in [0.25, 0.3) is 0 Å². The van der Waals surface area contributed by atoms with Crippen molar-refractivity contribution in [1.29, 1.82) is 15.8 Å². The summed E-state index contributed by atoms with van der Waals surface area (Å²) >= 11 is 0. The summed E-state index contributed by atoms with van der Waals surface area (Å²) in [4.78, 5) is 0. The molecule has 0 atom stereocenters. The zero-order valence-electron chi connectivity index (χ0n) is 7.15. The van der Waals surface area contributed by atoms with Crippen molar-refractivity contribution in [2.75, 3.05) is 0 Å². The first-order chi connectivity index (χ1) is 6.29. The van der Waals surface area contributed by atoms with Crippen molar-refractivity contribution in [2.24, 2.45) is 0 Å². The number of benzene rings is 1. The average Bonchev–Trinajstić information content (AvgIpc) is 2.19. The molecule has 62 valence electrons. The average molecular weight is 169 g/mol. The fraction of sp³-hybridized carbons (Fsp3) is 0.100. The maximum atomic E-state index is 8.45.